The standard InChI is InChI=1S/C12H11ClN2O/c1-7-3-10(11(13)4-8(7)2)12-9(6-16)5-14-15-12/h3-6H,1-2H3,(H,14,15). The maximum absolute atomic E-state index is 10.8. The van der Waals surface area contributed by atoms with Gasteiger partial charge in [0.05, 0.1) is 22.5 Å². The molecule has 0 aliphatic heterocycles. The van der Waals surface area contributed by atoms with Gasteiger partial charge < -0.3 is 0 Å². The van der Waals surface area contributed by atoms with E-state index in [1.807, 2.05) is 26.0 Å². The van der Waals surface area contributed by atoms with Crippen molar-refractivity contribution >= 4 is 17.9 Å². The maximum atomic E-state index is 10.8. The predicted molar refractivity (Wildman–Crippen MR) is 63.9 cm³/mol. The summed E-state index contributed by atoms with van der Waals surface area (Å²) in [5.74, 6) is 0. The number of nitrogens with one attached hydrogen (secondary N) is 1. The first-order valence-corrected chi connectivity index (χ1v) is 5.27. The number of rotatable bonds is 2. The number of halogens is 1. The molecule has 0 radical (unpaired) electrons. The molecule has 0 saturated heterocycles. The molecule has 0 amide bonds. The van der Waals surface area contributed by atoms with E-state index in [0.29, 0.717) is 16.3 Å². The molecule has 1 N–H and O–H groups in total. The molecule has 0 aliphatic rings. The van der Waals surface area contributed by atoms with Gasteiger partial charge in [-0.05, 0) is 37.1 Å². The fourth-order valence-electron chi connectivity index (χ4n) is 1.57. The number of carbonyl (C=O) groups is 1. The van der Waals surface area contributed by atoms with Crippen molar-refractivity contribution in [2.75, 3.05) is 0 Å². The highest BCUT2D eigenvalue weighted by molar-refractivity contribution is 6.33. The van der Waals surface area contributed by atoms with Crippen LogP contribution in [0.25, 0.3) is 11.3 Å². The van der Waals surface area contributed by atoms with Crippen molar-refractivity contribution < 1.29 is 4.79 Å². The molecule has 16 heavy (non-hydrogen) atoms. The summed E-state index contributed by atoms with van der Waals surface area (Å²) >= 11 is 6.16. The van der Waals surface area contributed by atoms with Crippen molar-refractivity contribution in [3.63, 3.8) is 0 Å². The van der Waals surface area contributed by atoms with E-state index >= 15 is 0 Å². The van der Waals surface area contributed by atoms with Crippen molar-refractivity contribution in [3.8, 4) is 11.3 Å². The molecule has 0 spiro atoms. The summed E-state index contributed by atoms with van der Waals surface area (Å²) in [7, 11) is 0. The summed E-state index contributed by atoms with van der Waals surface area (Å²) in [6.07, 6.45) is 2.26. The lowest BCUT2D eigenvalue weighted by Gasteiger charge is -2.07. The Hall–Kier alpha value is -1.61. The smallest absolute Gasteiger partial charge is 0.153 e. The van der Waals surface area contributed by atoms with E-state index in [1.165, 1.54) is 6.20 Å². The zero-order valence-corrected chi connectivity index (χ0v) is 9.80. The molecule has 0 bridgehead atoms. The van der Waals surface area contributed by atoms with Crippen LogP contribution in [-0.4, -0.2) is 16.5 Å². The van der Waals surface area contributed by atoms with E-state index in [0.717, 1.165) is 23.0 Å². The lowest BCUT2D eigenvalue weighted by atomic mass is 10.0. The van der Waals surface area contributed by atoms with Gasteiger partial charge in [0.15, 0.2) is 6.29 Å². The Morgan fingerprint density at radius 2 is 2.00 bits per heavy atom. The zero-order chi connectivity index (χ0) is 11.7. The van der Waals surface area contributed by atoms with Crippen LogP contribution in [0.5, 0.6) is 0 Å². The maximum Gasteiger partial charge on any atom is 0.153 e. The van der Waals surface area contributed by atoms with Gasteiger partial charge in [0.2, 0.25) is 0 Å². The van der Waals surface area contributed by atoms with Gasteiger partial charge in [-0.1, -0.05) is 11.6 Å². The fraction of sp³-hybridized carbons (Fsp3) is 0.167. The molecule has 0 atom stereocenters. The predicted octanol–water partition coefficient (Wildman–Crippen LogP) is 3.16. The van der Waals surface area contributed by atoms with E-state index in [2.05, 4.69) is 10.2 Å². The van der Waals surface area contributed by atoms with E-state index in [1.54, 1.807) is 0 Å². The minimum absolute atomic E-state index is 0.519. The van der Waals surface area contributed by atoms with E-state index in [9.17, 15) is 4.79 Å². The van der Waals surface area contributed by atoms with E-state index in [-0.39, 0.29) is 0 Å². The number of H-pyrrole nitrogens is 1. The quantitative estimate of drug-likeness (QED) is 0.812. The Bertz CT molecular complexity index is 546. The molecule has 0 aliphatic carbocycles. The largest absolute Gasteiger partial charge is 0.298 e. The minimum Gasteiger partial charge on any atom is -0.298 e. The molecule has 0 fully saturated rings. The van der Waals surface area contributed by atoms with Gasteiger partial charge in [-0.25, -0.2) is 0 Å². The molecule has 1 aromatic heterocycles. The number of aldehydes is 1. The first-order valence-electron chi connectivity index (χ1n) is 4.89. The third-order valence-corrected chi connectivity index (χ3v) is 2.96. The van der Waals surface area contributed by atoms with Crippen LogP contribution in [0, 0.1) is 13.8 Å². The molecule has 4 heteroatoms. The highest BCUT2D eigenvalue weighted by Gasteiger charge is 2.11. The molecule has 0 saturated carbocycles. The topological polar surface area (TPSA) is 45.8 Å². The highest BCUT2D eigenvalue weighted by Crippen LogP contribution is 2.30. The second-order valence-electron chi connectivity index (χ2n) is 3.73. The third kappa shape index (κ3) is 1.74. The van der Waals surface area contributed by atoms with Crippen LogP contribution < -0.4 is 0 Å². The van der Waals surface area contributed by atoms with E-state index < -0.39 is 0 Å². The average molecular weight is 235 g/mol. The monoisotopic (exact) mass is 234 g/mol. The van der Waals surface area contributed by atoms with Crippen molar-refractivity contribution in [2.24, 2.45) is 0 Å². The van der Waals surface area contributed by atoms with Gasteiger partial charge in [-0.2, -0.15) is 5.10 Å². The molecule has 0 unspecified atom stereocenters. The van der Waals surface area contributed by atoms with Crippen LogP contribution in [0.15, 0.2) is 18.3 Å². The molecule has 2 aromatic rings. The van der Waals surface area contributed by atoms with Crippen molar-refractivity contribution in [2.45, 2.75) is 13.8 Å². The summed E-state index contributed by atoms with van der Waals surface area (Å²) in [4.78, 5) is 10.8. The summed E-state index contributed by atoms with van der Waals surface area (Å²) in [5, 5.41) is 7.26. The van der Waals surface area contributed by atoms with Gasteiger partial charge in [-0.3, -0.25) is 9.89 Å². The number of hydrogen-bond donors (Lipinski definition) is 1. The van der Waals surface area contributed by atoms with Crippen LogP contribution in [0.4, 0.5) is 0 Å². The van der Waals surface area contributed by atoms with Crippen LogP contribution in [0.3, 0.4) is 0 Å². The highest BCUT2D eigenvalue weighted by atomic mass is 35.5. The molecular weight excluding hydrogens is 224 g/mol. The van der Waals surface area contributed by atoms with Crippen LogP contribution in [-0.2, 0) is 0 Å². The number of aryl methyl sites for hydroxylation is 2. The molecule has 3 nitrogen and oxygen atoms in total. The molecule has 1 heterocycles. The Morgan fingerprint density at radius 1 is 1.31 bits per heavy atom. The Labute approximate surface area is 98.4 Å². The number of aromatic amines is 1. The van der Waals surface area contributed by atoms with Gasteiger partial charge in [0, 0.05) is 5.56 Å². The molecule has 1 aromatic carbocycles. The summed E-state index contributed by atoms with van der Waals surface area (Å²) in [6, 6.07) is 3.85. The Kier molecular flexibility index (Phi) is 2.79. The molecule has 2 rings (SSSR count). The van der Waals surface area contributed by atoms with Gasteiger partial charge in [0.25, 0.3) is 0 Å². The van der Waals surface area contributed by atoms with Crippen molar-refractivity contribution in [3.05, 3.63) is 40.0 Å². The number of benzene rings is 1. The lowest BCUT2D eigenvalue weighted by molar-refractivity contribution is 0.112. The second kappa shape index (κ2) is 4.10. The van der Waals surface area contributed by atoms with Crippen molar-refractivity contribution in [1.82, 2.24) is 10.2 Å². The average Bonchev–Trinajstić information content (AvgIpc) is 2.71. The zero-order valence-electron chi connectivity index (χ0n) is 9.04. The van der Waals surface area contributed by atoms with Crippen LogP contribution >= 0.6 is 11.6 Å². The first kappa shape index (κ1) is 10.9. The number of nitrogens with zero attached hydrogens (tertiary/aromatic N) is 1. The summed E-state index contributed by atoms with van der Waals surface area (Å²) < 4.78 is 0. The van der Waals surface area contributed by atoms with Gasteiger partial charge in [0.1, 0.15) is 0 Å². The minimum atomic E-state index is 0.519. The normalized spacial score (nSPS) is 10.4. The Balaban J connectivity index is 2.64. The Morgan fingerprint density at radius 3 is 2.69 bits per heavy atom. The number of aromatic nitrogens is 2. The van der Waals surface area contributed by atoms with Crippen LogP contribution in [0.2, 0.25) is 5.02 Å². The second-order valence-corrected chi connectivity index (χ2v) is 4.14. The van der Waals surface area contributed by atoms with Gasteiger partial charge >= 0.3 is 0 Å². The SMILES string of the molecule is Cc1cc(Cl)c(-c2[nH]ncc2C=O)cc1C. The third-order valence-electron chi connectivity index (χ3n) is 2.65. The number of hydrogen-bond acceptors (Lipinski definition) is 2. The lowest BCUT2D eigenvalue weighted by Crippen LogP contribution is -1.89. The molecule has 82 valence electrons. The van der Waals surface area contributed by atoms with E-state index in [4.69, 9.17) is 11.6 Å². The molecular formula is C12H11ClN2O. The van der Waals surface area contributed by atoms with Gasteiger partial charge in [-0.15, -0.1) is 0 Å². The summed E-state index contributed by atoms with van der Waals surface area (Å²) in [6.45, 7) is 4.00. The van der Waals surface area contributed by atoms with Crippen LogP contribution in [0.1, 0.15) is 21.5 Å². The fourth-order valence-corrected chi connectivity index (χ4v) is 1.89. The number of carbonyl (C=O) groups excluding carboxylic acids is 1. The van der Waals surface area contributed by atoms with Crippen molar-refractivity contribution in [1.29, 1.82) is 0 Å². The first-order chi connectivity index (χ1) is 7.63. The summed E-state index contributed by atoms with van der Waals surface area (Å²) in [5.41, 5.74) is 4.25.